The highest BCUT2D eigenvalue weighted by atomic mass is 35.5. The van der Waals surface area contributed by atoms with Gasteiger partial charge < -0.3 is 5.73 Å². The highest BCUT2D eigenvalue weighted by Gasteiger charge is 2.26. The van der Waals surface area contributed by atoms with Gasteiger partial charge in [0.2, 0.25) is 0 Å². The maximum absolute atomic E-state index is 12.8. The second-order valence-corrected chi connectivity index (χ2v) is 5.02. The monoisotopic (exact) mass is 272 g/mol. The van der Waals surface area contributed by atoms with Gasteiger partial charge >= 0.3 is 0 Å². The van der Waals surface area contributed by atoms with Crippen molar-refractivity contribution in [3.05, 3.63) is 35.6 Å². The van der Waals surface area contributed by atoms with Crippen LogP contribution >= 0.6 is 12.4 Å². The highest BCUT2D eigenvalue weighted by Crippen LogP contribution is 2.24. The average molecular weight is 273 g/mol. The Morgan fingerprint density at radius 1 is 1.33 bits per heavy atom. The largest absolute Gasteiger partial charge is 0.329 e. The molecule has 1 aromatic carbocycles. The third kappa shape index (κ3) is 3.67. The molecule has 0 amide bonds. The van der Waals surface area contributed by atoms with Crippen LogP contribution in [0.2, 0.25) is 0 Å². The summed E-state index contributed by atoms with van der Waals surface area (Å²) in [4.78, 5) is 2.43. The standard InChI is InChI=1S/C14H21FN2.ClH/c1-11-3-2-8-17(14(11)9-16)10-12-4-6-13(15)7-5-12;/h4-7,11,14H,2-3,8-10,16H2,1H3;1H. The SMILES string of the molecule is CC1CCCN(Cc2ccc(F)cc2)C1CN.Cl. The first-order valence-corrected chi connectivity index (χ1v) is 6.39. The molecule has 1 aliphatic rings. The van der Waals surface area contributed by atoms with Gasteiger partial charge in [0.1, 0.15) is 5.82 Å². The predicted octanol–water partition coefficient (Wildman–Crippen LogP) is 2.81. The van der Waals surface area contributed by atoms with Gasteiger partial charge in [0.25, 0.3) is 0 Å². The van der Waals surface area contributed by atoms with Gasteiger partial charge in [-0.15, -0.1) is 12.4 Å². The smallest absolute Gasteiger partial charge is 0.123 e. The number of rotatable bonds is 3. The zero-order chi connectivity index (χ0) is 12.3. The second kappa shape index (κ2) is 7.07. The first kappa shape index (κ1) is 15.4. The molecule has 18 heavy (non-hydrogen) atoms. The van der Waals surface area contributed by atoms with E-state index in [-0.39, 0.29) is 18.2 Å². The van der Waals surface area contributed by atoms with Crippen molar-refractivity contribution < 1.29 is 4.39 Å². The molecule has 4 heteroatoms. The summed E-state index contributed by atoms with van der Waals surface area (Å²) in [5, 5.41) is 0. The summed E-state index contributed by atoms with van der Waals surface area (Å²) < 4.78 is 12.8. The molecule has 0 radical (unpaired) electrons. The van der Waals surface area contributed by atoms with Gasteiger partial charge in [0.15, 0.2) is 0 Å². The molecule has 2 rings (SSSR count). The highest BCUT2D eigenvalue weighted by molar-refractivity contribution is 5.85. The van der Waals surface area contributed by atoms with Crippen LogP contribution in [0.3, 0.4) is 0 Å². The topological polar surface area (TPSA) is 29.3 Å². The molecule has 0 saturated carbocycles. The minimum atomic E-state index is -0.170. The number of hydrogen-bond donors (Lipinski definition) is 1. The van der Waals surface area contributed by atoms with Crippen molar-refractivity contribution in [2.75, 3.05) is 13.1 Å². The van der Waals surface area contributed by atoms with Crippen molar-refractivity contribution >= 4 is 12.4 Å². The van der Waals surface area contributed by atoms with E-state index in [4.69, 9.17) is 5.73 Å². The van der Waals surface area contributed by atoms with Crippen LogP contribution in [0.25, 0.3) is 0 Å². The molecule has 2 N–H and O–H groups in total. The molecule has 1 aromatic rings. The van der Waals surface area contributed by atoms with E-state index >= 15 is 0 Å². The van der Waals surface area contributed by atoms with Crippen molar-refractivity contribution in [1.82, 2.24) is 4.90 Å². The lowest BCUT2D eigenvalue weighted by molar-refractivity contribution is 0.0990. The number of halogens is 2. The maximum Gasteiger partial charge on any atom is 0.123 e. The lowest BCUT2D eigenvalue weighted by Gasteiger charge is -2.39. The molecular weight excluding hydrogens is 251 g/mol. The van der Waals surface area contributed by atoms with Crippen LogP contribution in [-0.4, -0.2) is 24.0 Å². The summed E-state index contributed by atoms with van der Waals surface area (Å²) in [6, 6.07) is 7.25. The minimum absolute atomic E-state index is 0. The molecule has 1 fully saturated rings. The van der Waals surface area contributed by atoms with Crippen molar-refractivity contribution in [2.45, 2.75) is 32.4 Å². The van der Waals surface area contributed by atoms with E-state index in [1.54, 1.807) is 0 Å². The summed E-state index contributed by atoms with van der Waals surface area (Å²) in [6.45, 7) is 4.97. The van der Waals surface area contributed by atoms with Gasteiger partial charge in [-0.1, -0.05) is 19.1 Å². The molecule has 1 saturated heterocycles. The summed E-state index contributed by atoms with van der Waals surface area (Å²) >= 11 is 0. The Bertz CT molecular complexity index is 355. The van der Waals surface area contributed by atoms with Gasteiger partial charge in [-0.05, 0) is 43.0 Å². The van der Waals surface area contributed by atoms with Crippen LogP contribution in [-0.2, 0) is 6.54 Å². The lowest BCUT2D eigenvalue weighted by Crippen LogP contribution is -2.47. The lowest BCUT2D eigenvalue weighted by atomic mass is 9.90. The van der Waals surface area contributed by atoms with Gasteiger partial charge in [0.05, 0.1) is 0 Å². The van der Waals surface area contributed by atoms with Crippen LogP contribution in [0.4, 0.5) is 4.39 Å². The van der Waals surface area contributed by atoms with Crippen LogP contribution < -0.4 is 5.73 Å². The number of benzene rings is 1. The molecule has 2 unspecified atom stereocenters. The molecule has 1 heterocycles. The minimum Gasteiger partial charge on any atom is -0.329 e. The van der Waals surface area contributed by atoms with Crippen molar-refractivity contribution in [3.8, 4) is 0 Å². The third-order valence-corrected chi connectivity index (χ3v) is 3.77. The summed E-state index contributed by atoms with van der Waals surface area (Å²) in [6.07, 6.45) is 2.50. The van der Waals surface area contributed by atoms with Crippen molar-refractivity contribution in [2.24, 2.45) is 11.7 Å². The van der Waals surface area contributed by atoms with Crippen LogP contribution in [0.15, 0.2) is 24.3 Å². The molecule has 2 atom stereocenters. The Morgan fingerprint density at radius 3 is 2.61 bits per heavy atom. The molecule has 0 aromatic heterocycles. The molecule has 0 bridgehead atoms. The second-order valence-electron chi connectivity index (χ2n) is 5.02. The fraction of sp³-hybridized carbons (Fsp3) is 0.571. The summed E-state index contributed by atoms with van der Waals surface area (Å²) in [5.74, 6) is 0.491. The fourth-order valence-electron chi connectivity index (χ4n) is 2.74. The van der Waals surface area contributed by atoms with E-state index in [2.05, 4.69) is 11.8 Å². The number of nitrogens with two attached hydrogens (primary N) is 1. The van der Waals surface area contributed by atoms with Gasteiger partial charge in [0, 0.05) is 19.1 Å². The van der Waals surface area contributed by atoms with E-state index in [9.17, 15) is 4.39 Å². The van der Waals surface area contributed by atoms with E-state index in [0.29, 0.717) is 18.5 Å². The van der Waals surface area contributed by atoms with Crippen LogP contribution in [0, 0.1) is 11.7 Å². The van der Waals surface area contributed by atoms with E-state index in [1.807, 2.05) is 12.1 Å². The Labute approximate surface area is 115 Å². The normalized spacial score (nSPS) is 24.6. The molecular formula is C14H22ClFN2. The van der Waals surface area contributed by atoms with Crippen molar-refractivity contribution in [3.63, 3.8) is 0 Å². The van der Waals surface area contributed by atoms with Gasteiger partial charge in [-0.25, -0.2) is 4.39 Å². The number of piperidine rings is 1. The molecule has 0 aliphatic carbocycles. The number of nitrogens with zero attached hydrogens (tertiary/aromatic N) is 1. The van der Waals surface area contributed by atoms with Crippen LogP contribution in [0.5, 0.6) is 0 Å². The van der Waals surface area contributed by atoms with Gasteiger partial charge in [-0.2, -0.15) is 0 Å². The van der Waals surface area contributed by atoms with Crippen LogP contribution in [0.1, 0.15) is 25.3 Å². The predicted molar refractivity (Wildman–Crippen MR) is 75.3 cm³/mol. The number of likely N-dealkylation sites (tertiary alicyclic amines) is 1. The molecule has 102 valence electrons. The molecule has 2 nitrogen and oxygen atoms in total. The fourth-order valence-corrected chi connectivity index (χ4v) is 2.74. The van der Waals surface area contributed by atoms with Crippen molar-refractivity contribution in [1.29, 1.82) is 0 Å². The number of hydrogen-bond acceptors (Lipinski definition) is 2. The molecule has 1 aliphatic heterocycles. The third-order valence-electron chi connectivity index (χ3n) is 3.77. The summed E-state index contributed by atoms with van der Waals surface area (Å²) in [7, 11) is 0. The van der Waals surface area contributed by atoms with E-state index < -0.39 is 0 Å². The zero-order valence-corrected chi connectivity index (χ0v) is 11.6. The van der Waals surface area contributed by atoms with E-state index in [0.717, 1.165) is 13.1 Å². The average Bonchev–Trinajstić information content (AvgIpc) is 2.32. The van der Waals surface area contributed by atoms with E-state index in [1.165, 1.54) is 30.5 Å². The Morgan fingerprint density at radius 2 is 2.00 bits per heavy atom. The Balaban J connectivity index is 0.00000162. The first-order valence-electron chi connectivity index (χ1n) is 6.39. The Hall–Kier alpha value is -0.640. The maximum atomic E-state index is 12.8. The molecule has 0 spiro atoms. The zero-order valence-electron chi connectivity index (χ0n) is 10.8. The summed E-state index contributed by atoms with van der Waals surface area (Å²) in [5.41, 5.74) is 7.03. The Kier molecular flexibility index (Phi) is 6.06. The van der Waals surface area contributed by atoms with Gasteiger partial charge in [-0.3, -0.25) is 4.90 Å². The quantitative estimate of drug-likeness (QED) is 0.917. The first-order chi connectivity index (χ1) is 8.20.